The normalized spacial score (nSPS) is 18.2. The number of fused-ring (bicyclic) bond motifs is 1. The van der Waals surface area contributed by atoms with Gasteiger partial charge in [0.05, 0.1) is 5.52 Å². The fourth-order valence-electron chi connectivity index (χ4n) is 4.47. The van der Waals surface area contributed by atoms with Crippen molar-refractivity contribution in [3.05, 3.63) is 95.6 Å². The third-order valence-corrected chi connectivity index (χ3v) is 6.52. The molecule has 33 heavy (non-hydrogen) atoms. The van der Waals surface area contributed by atoms with Crippen LogP contribution in [0, 0.1) is 0 Å². The van der Waals surface area contributed by atoms with Crippen molar-refractivity contribution >= 4 is 28.2 Å². The fourth-order valence-corrected chi connectivity index (χ4v) is 4.64. The lowest BCUT2D eigenvalue weighted by Crippen LogP contribution is -2.36. The predicted molar refractivity (Wildman–Crippen MR) is 136 cm³/mol. The Bertz CT molecular complexity index is 1190. The highest BCUT2D eigenvalue weighted by Gasteiger charge is 2.21. The molecule has 1 heterocycles. The Labute approximate surface area is 200 Å². The number of rotatable bonds is 7. The second-order valence-electron chi connectivity index (χ2n) is 8.65. The van der Waals surface area contributed by atoms with Crippen LogP contribution in [0.3, 0.4) is 0 Å². The van der Waals surface area contributed by atoms with Crippen molar-refractivity contribution in [2.75, 3.05) is 5.32 Å². The predicted octanol–water partition coefficient (Wildman–Crippen LogP) is 7.19. The minimum absolute atomic E-state index is 0.485. The van der Waals surface area contributed by atoms with Gasteiger partial charge in [-0.2, -0.15) is 0 Å². The monoisotopic (exact) mass is 457 g/mol. The van der Waals surface area contributed by atoms with Crippen molar-refractivity contribution in [1.82, 2.24) is 10.3 Å². The van der Waals surface area contributed by atoms with E-state index >= 15 is 0 Å². The molecule has 0 aliphatic heterocycles. The summed E-state index contributed by atoms with van der Waals surface area (Å²) in [7, 11) is 0. The Kier molecular flexibility index (Phi) is 6.75. The van der Waals surface area contributed by atoms with E-state index < -0.39 is 0 Å². The first-order valence-electron chi connectivity index (χ1n) is 11.6. The molecule has 3 aromatic carbocycles. The lowest BCUT2D eigenvalue weighted by atomic mass is 9.90. The number of ether oxygens (including phenoxy) is 1. The molecule has 0 saturated heterocycles. The summed E-state index contributed by atoms with van der Waals surface area (Å²) >= 11 is 6.12. The third kappa shape index (κ3) is 5.65. The van der Waals surface area contributed by atoms with Crippen LogP contribution >= 0.6 is 11.6 Å². The average Bonchev–Trinajstić information content (AvgIpc) is 2.85. The molecule has 1 saturated carbocycles. The first-order chi connectivity index (χ1) is 16.2. The van der Waals surface area contributed by atoms with Crippen LogP contribution in [0.25, 0.3) is 10.9 Å². The first-order valence-corrected chi connectivity index (χ1v) is 12.0. The molecule has 2 N–H and O–H groups in total. The van der Waals surface area contributed by atoms with E-state index in [9.17, 15) is 0 Å². The lowest BCUT2D eigenvalue weighted by molar-refractivity contribution is 0.353. The molecular formula is C28H28ClN3O. The van der Waals surface area contributed by atoms with Gasteiger partial charge in [0.1, 0.15) is 11.5 Å². The van der Waals surface area contributed by atoms with Crippen LogP contribution in [0.4, 0.5) is 5.69 Å². The van der Waals surface area contributed by atoms with Crippen LogP contribution in [-0.4, -0.2) is 17.1 Å². The second kappa shape index (κ2) is 10.2. The smallest absolute Gasteiger partial charge is 0.127 e. The summed E-state index contributed by atoms with van der Waals surface area (Å²) in [6.45, 7) is 0.879. The minimum atomic E-state index is 0.485. The van der Waals surface area contributed by atoms with Crippen LogP contribution in [-0.2, 0) is 6.54 Å². The number of para-hydroxylation sites is 1. The van der Waals surface area contributed by atoms with Crippen molar-refractivity contribution in [1.29, 1.82) is 0 Å². The number of nitrogens with zero attached hydrogens (tertiary/aromatic N) is 1. The Morgan fingerprint density at radius 2 is 1.55 bits per heavy atom. The quantitative estimate of drug-likeness (QED) is 0.308. The molecule has 1 aliphatic rings. The molecular weight excluding hydrogens is 430 g/mol. The Morgan fingerprint density at radius 3 is 2.33 bits per heavy atom. The van der Waals surface area contributed by atoms with Gasteiger partial charge in [0.15, 0.2) is 0 Å². The molecule has 1 aliphatic carbocycles. The van der Waals surface area contributed by atoms with Crippen LogP contribution in [0.15, 0.2) is 85.1 Å². The lowest BCUT2D eigenvalue weighted by Gasteiger charge is -2.30. The maximum Gasteiger partial charge on any atom is 0.127 e. The second-order valence-corrected chi connectivity index (χ2v) is 9.09. The van der Waals surface area contributed by atoms with Gasteiger partial charge in [0.2, 0.25) is 0 Å². The van der Waals surface area contributed by atoms with Gasteiger partial charge < -0.3 is 15.4 Å². The maximum atomic E-state index is 6.12. The van der Waals surface area contributed by atoms with Crippen molar-refractivity contribution in [3.8, 4) is 11.5 Å². The summed E-state index contributed by atoms with van der Waals surface area (Å²) in [4.78, 5) is 4.44. The maximum absolute atomic E-state index is 6.12. The van der Waals surface area contributed by atoms with Crippen LogP contribution < -0.4 is 15.4 Å². The average molecular weight is 458 g/mol. The van der Waals surface area contributed by atoms with Gasteiger partial charge in [0.25, 0.3) is 0 Å². The SMILES string of the molecule is Clc1ccc2c(N[C@H]3CC[C@@H](NCc4ccc(Oc5ccccc5)cc4)CC3)ccnc2c1. The summed E-state index contributed by atoms with van der Waals surface area (Å²) < 4.78 is 5.88. The summed E-state index contributed by atoms with van der Waals surface area (Å²) in [5.41, 5.74) is 3.35. The summed E-state index contributed by atoms with van der Waals surface area (Å²) in [6, 6.07) is 27.2. The van der Waals surface area contributed by atoms with Crippen molar-refractivity contribution in [3.63, 3.8) is 0 Å². The molecule has 0 amide bonds. The molecule has 0 atom stereocenters. The van der Waals surface area contributed by atoms with E-state index in [-0.39, 0.29) is 0 Å². The van der Waals surface area contributed by atoms with Crippen LogP contribution in [0.5, 0.6) is 11.5 Å². The molecule has 5 heteroatoms. The number of aromatic nitrogens is 1. The van der Waals surface area contributed by atoms with Gasteiger partial charge in [-0.3, -0.25) is 4.98 Å². The highest BCUT2D eigenvalue weighted by molar-refractivity contribution is 6.31. The number of hydrogen-bond donors (Lipinski definition) is 2. The number of halogens is 1. The Hall–Kier alpha value is -3.08. The van der Waals surface area contributed by atoms with E-state index in [2.05, 4.69) is 39.9 Å². The van der Waals surface area contributed by atoms with Crippen molar-refractivity contribution < 1.29 is 4.74 Å². The largest absolute Gasteiger partial charge is 0.457 e. The number of pyridine rings is 1. The van der Waals surface area contributed by atoms with E-state index in [0.717, 1.165) is 52.5 Å². The van der Waals surface area contributed by atoms with E-state index in [1.54, 1.807) is 0 Å². The number of hydrogen-bond acceptors (Lipinski definition) is 4. The van der Waals surface area contributed by atoms with Gasteiger partial charge in [-0.25, -0.2) is 0 Å². The zero-order valence-corrected chi connectivity index (χ0v) is 19.3. The highest BCUT2D eigenvalue weighted by atomic mass is 35.5. The van der Waals surface area contributed by atoms with Crippen molar-refractivity contribution in [2.45, 2.75) is 44.3 Å². The molecule has 4 aromatic rings. The first kappa shape index (κ1) is 21.7. The minimum Gasteiger partial charge on any atom is -0.457 e. The van der Waals surface area contributed by atoms with E-state index in [1.165, 1.54) is 18.4 Å². The Balaban J connectivity index is 1.10. The van der Waals surface area contributed by atoms with Gasteiger partial charge in [-0.1, -0.05) is 41.9 Å². The molecule has 0 spiro atoms. The molecule has 0 unspecified atom stereocenters. The Morgan fingerprint density at radius 1 is 0.818 bits per heavy atom. The molecule has 5 rings (SSSR count). The zero-order valence-electron chi connectivity index (χ0n) is 18.5. The van der Waals surface area contributed by atoms with Crippen LogP contribution in [0.1, 0.15) is 31.2 Å². The van der Waals surface area contributed by atoms with Crippen molar-refractivity contribution in [2.24, 2.45) is 0 Å². The topological polar surface area (TPSA) is 46.2 Å². The molecule has 4 nitrogen and oxygen atoms in total. The number of anilines is 1. The highest BCUT2D eigenvalue weighted by Crippen LogP contribution is 2.28. The van der Waals surface area contributed by atoms with E-state index in [0.29, 0.717) is 12.1 Å². The standard InChI is InChI=1S/C28H28ClN3O/c29-21-8-15-26-27(16-17-30-28(26)18-21)32-23-11-9-22(10-12-23)31-19-20-6-13-25(14-7-20)33-24-4-2-1-3-5-24/h1-8,13-18,22-23,31H,9-12,19H2,(H,30,32)/t22-,23+. The number of benzene rings is 3. The summed E-state index contributed by atoms with van der Waals surface area (Å²) in [5, 5.41) is 9.32. The van der Waals surface area contributed by atoms with Gasteiger partial charge >= 0.3 is 0 Å². The van der Waals surface area contributed by atoms with Gasteiger partial charge in [-0.15, -0.1) is 0 Å². The van der Waals surface area contributed by atoms with E-state index in [4.69, 9.17) is 16.3 Å². The summed E-state index contributed by atoms with van der Waals surface area (Å²) in [5.74, 6) is 1.72. The van der Waals surface area contributed by atoms with Crippen LogP contribution in [0.2, 0.25) is 5.02 Å². The molecule has 168 valence electrons. The third-order valence-electron chi connectivity index (χ3n) is 6.29. The molecule has 0 radical (unpaired) electrons. The summed E-state index contributed by atoms with van der Waals surface area (Å²) in [6.07, 6.45) is 6.49. The zero-order chi connectivity index (χ0) is 22.5. The molecule has 0 bridgehead atoms. The molecule has 1 fully saturated rings. The fraction of sp³-hybridized carbons (Fsp3) is 0.250. The molecule has 1 aromatic heterocycles. The van der Waals surface area contributed by atoms with E-state index in [1.807, 2.05) is 60.8 Å². The van der Waals surface area contributed by atoms with Gasteiger partial charge in [-0.05, 0) is 79.8 Å². The van der Waals surface area contributed by atoms with Gasteiger partial charge in [0, 0.05) is 40.9 Å². The number of nitrogens with one attached hydrogen (secondary N) is 2.